The van der Waals surface area contributed by atoms with Crippen LogP contribution < -0.4 is 4.74 Å². The van der Waals surface area contributed by atoms with Gasteiger partial charge in [-0.1, -0.05) is 40.2 Å². The zero-order valence-corrected chi connectivity index (χ0v) is 18.4. The maximum absolute atomic E-state index is 15.2. The maximum atomic E-state index is 15.2. The second-order valence-corrected chi connectivity index (χ2v) is 8.71. The summed E-state index contributed by atoms with van der Waals surface area (Å²) in [5, 5.41) is 0.478. The number of hydrogen-bond acceptors (Lipinski definition) is 2. The highest BCUT2D eigenvalue weighted by Crippen LogP contribution is 2.50. The lowest BCUT2D eigenvalue weighted by molar-refractivity contribution is -0.155. The minimum absolute atomic E-state index is 0.00772. The number of ether oxygens (including phenoxy) is 1. The molecule has 166 valence electrons. The first-order valence-corrected chi connectivity index (χ1v) is 11.1. The largest absolute Gasteiger partial charge is 0.493 e. The van der Waals surface area contributed by atoms with Gasteiger partial charge in [-0.25, -0.2) is 8.78 Å². The van der Waals surface area contributed by atoms with Crippen molar-refractivity contribution in [1.29, 1.82) is 0 Å². The van der Waals surface area contributed by atoms with Gasteiger partial charge in [-0.2, -0.15) is 13.2 Å². The Labute approximate surface area is 185 Å². The summed E-state index contributed by atoms with van der Waals surface area (Å²) in [6.07, 6.45) is -3.73. The third-order valence-electron chi connectivity index (χ3n) is 5.87. The van der Waals surface area contributed by atoms with Crippen LogP contribution in [0.15, 0.2) is 42.0 Å². The van der Waals surface area contributed by atoms with Gasteiger partial charge < -0.3 is 4.74 Å². The lowest BCUT2D eigenvalue weighted by atomic mass is 9.84. The van der Waals surface area contributed by atoms with Crippen molar-refractivity contribution >= 4 is 21.5 Å². The van der Waals surface area contributed by atoms with E-state index in [0.717, 1.165) is 28.8 Å². The third-order valence-corrected chi connectivity index (χ3v) is 6.20. The molecular weight excluding hydrogens is 481 g/mol. The Morgan fingerprint density at radius 1 is 1.13 bits per heavy atom. The second kappa shape index (κ2) is 8.54. The molecule has 0 N–H and O–H groups in total. The normalized spacial score (nSPS) is 21.3. The molecule has 2 nitrogen and oxygen atoms in total. The van der Waals surface area contributed by atoms with Crippen molar-refractivity contribution in [3.05, 3.63) is 70.3 Å². The fraction of sp³-hybridized carbons (Fsp3) is 0.391. The Hall–Kier alpha value is -1.93. The van der Waals surface area contributed by atoms with Gasteiger partial charge in [0.15, 0.2) is 0 Å². The fourth-order valence-electron chi connectivity index (χ4n) is 4.68. The Bertz CT molecular complexity index is 996. The lowest BCUT2D eigenvalue weighted by Gasteiger charge is -2.42. The summed E-state index contributed by atoms with van der Waals surface area (Å²) >= 11 is 3.18. The van der Waals surface area contributed by atoms with Crippen molar-refractivity contribution in [2.75, 3.05) is 18.5 Å². The summed E-state index contributed by atoms with van der Waals surface area (Å²) in [4.78, 5) is 1.17. The summed E-state index contributed by atoms with van der Waals surface area (Å²) < 4.78 is 76.0. The van der Waals surface area contributed by atoms with E-state index in [4.69, 9.17) is 4.74 Å². The molecule has 2 aromatic carbocycles. The third kappa shape index (κ3) is 4.37. The average molecular weight is 502 g/mol. The Kier molecular flexibility index (Phi) is 6.14. The van der Waals surface area contributed by atoms with E-state index in [2.05, 4.69) is 15.9 Å². The highest BCUT2D eigenvalue weighted by molar-refractivity contribution is 9.09. The molecule has 0 unspecified atom stereocenters. The fourth-order valence-corrected chi connectivity index (χ4v) is 4.84. The highest BCUT2D eigenvalue weighted by Gasteiger charge is 2.45. The van der Waals surface area contributed by atoms with E-state index in [1.165, 1.54) is 4.90 Å². The van der Waals surface area contributed by atoms with Gasteiger partial charge in [0.25, 0.3) is 0 Å². The van der Waals surface area contributed by atoms with Crippen LogP contribution in [0.4, 0.5) is 22.0 Å². The molecule has 0 saturated carbocycles. The number of alkyl halides is 4. The van der Waals surface area contributed by atoms with E-state index in [1.807, 2.05) is 24.3 Å². The monoisotopic (exact) mass is 501 g/mol. The number of halogens is 6. The first-order chi connectivity index (χ1) is 14.7. The van der Waals surface area contributed by atoms with Crippen LogP contribution in [0.5, 0.6) is 5.75 Å². The SMILES string of the molecule is C[C@@H]1CC2=C(Cc3ccccc32)[C@@H](c2c(F)cc(OCCBr)cc2F)N1CC(F)(F)F. The van der Waals surface area contributed by atoms with Gasteiger partial charge >= 0.3 is 6.18 Å². The van der Waals surface area contributed by atoms with Crippen LogP contribution in [0.25, 0.3) is 5.57 Å². The number of nitrogens with zero attached hydrogens (tertiary/aromatic N) is 1. The van der Waals surface area contributed by atoms with Crippen LogP contribution in [0, 0.1) is 11.6 Å². The Balaban J connectivity index is 1.84. The quantitative estimate of drug-likeness (QED) is 0.345. The smallest absolute Gasteiger partial charge is 0.401 e. The van der Waals surface area contributed by atoms with Crippen LogP contribution in [-0.4, -0.2) is 35.6 Å². The zero-order valence-electron chi connectivity index (χ0n) is 16.8. The first kappa shape index (κ1) is 22.3. The summed E-state index contributed by atoms with van der Waals surface area (Å²) in [7, 11) is 0. The van der Waals surface area contributed by atoms with Crippen molar-refractivity contribution in [3.8, 4) is 5.75 Å². The molecule has 4 rings (SSSR count). The number of fused-ring (bicyclic) bond motifs is 2. The van der Waals surface area contributed by atoms with Gasteiger partial charge in [-0.3, -0.25) is 4.90 Å². The minimum Gasteiger partial charge on any atom is -0.493 e. The van der Waals surface area contributed by atoms with Crippen molar-refractivity contribution in [2.45, 2.75) is 38.0 Å². The van der Waals surface area contributed by atoms with E-state index >= 15 is 8.78 Å². The molecule has 0 amide bonds. The predicted octanol–water partition coefficient (Wildman–Crippen LogP) is 6.45. The van der Waals surface area contributed by atoms with Crippen LogP contribution in [-0.2, 0) is 6.42 Å². The van der Waals surface area contributed by atoms with E-state index < -0.39 is 36.4 Å². The molecule has 2 aliphatic rings. The molecule has 0 bridgehead atoms. The summed E-state index contributed by atoms with van der Waals surface area (Å²) in [5.74, 6) is -1.80. The van der Waals surface area contributed by atoms with E-state index in [0.29, 0.717) is 23.7 Å². The highest BCUT2D eigenvalue weighted by atomic mass is 79.9. The van der Waals surface area contributed by atoms with E-state index in [1.54, 1.807) is 6.92 Å². The molecule has 1 aliphatic heterocycles. The van der Waals surface area contributed by atoms with Gasteiger partial charge in [0.2, 0.25) is 0 Å². The number of benzene rings is 2. The molecule has 0 fully saturated rings. The van der Waals surface area contributed by atoms with Crippen LogP contribution in [0.3, 0.4) is 0 Å². The Morgan fingerprint density at radius 2 is 1.81 bits per heavy atom. The Morgan fingerprint density at radius 3 is 2.45 bits per heavy atom. The summed E-state index contributed by atoms with van der Waals surface area (Å²) in [6.45, 7) is 0.642. The van der Waals surface area contributed by atoms with Gasteiger partial charge in [0.1, 0.15) is 17.4 Å². The zero-order chi connectivity index (χ0) is 22.3. The van der Waals surface area contributed by atoms with Gasteiger partial charge in [-0.15, -0.1) is 0 Å². The molecule has 0 radical (unpaired) electrons. The van der Waals surface area contributed by atoms with Gasteiger partial charge in [-0.05, 0) is 42.0 Å². The van der Waals surface area contributed by atoms with Gasteiger partial charge in [0.05, 0.1) is 19.2 Å². The molecule has 2 atom stereocenters. The van der Waals surface area contributed by atoms with Crippen LogP contribution in [0.1, 0.15) is 36.1 Å². The maximum Gasteiger partial charge on any atom is 0.401 e. The van der Waals surface area contributed by atoms with Gasteiger partial charge in [0, 0.05) is 29.1 Å². The number of hydrogen-bond donors (Lipinski definition) is 0. The topological polar surface area (TPSA) is 12.5 Å². The van der Waals surface area contributed by atoms with Crippen LogP contribution in [0.2, 0.25) is 0 Å². The second-order valence-electron chi connectivity index (χ2n) is 7.92. The molecule has 0 spiro atoms. The molecule has 0 aromatic heterocycles. The van der Waals surface area contributed by atoms with Crippen molar-refractivity contribution < 1.29 is 26.7 Å². The lowest BCUT2D eigenvalue weighted by Crippen LogP contribution is -2.46. The summed E-state index contributed by atoms with van der Waals surface area (Å²) in [6, 6.07) is 7.98. The van der Waals surface area contributed by atoms with Crippen molar-refractivity contribution in [3.63, 3.8) is 0 Å². The van der Waals surface area contributed by atoms with Crippen molar-refractivity contribution in [2.24, 2.45) is 0 Å². The van der Waals surface area contributed by atoms with Crippen LogP contribution >= 0.6 is 15.9 Å². The molecule has 2 aromatic rings. The first-order valence-electron chi connectivity index (χ1n) is 10.00. The van der Waals surface area contributed by atoms with E-state index in [9.17, 15) is 13.2 Å². The average Bonchev–Trinajstić information content (AvgIpc) is 3.05. The molecular formula is C23H21BrF5NO. The predicted molar refractivity (Wildman–Crippen MR) is 112 cm³/mol. The molecule has 1 aliphatic carbocycles. The number of rotatable bonds is 5. The minimum atomic E-state index is -4.50. The molecule has 31 heavy (non-hydrogen) atoms. The standard InChI is InChI=1S/C23H21BrF5NO/c1-13-8-17-16-5-3-2-4-14(16)9-18(17)22(30(13)12-23(27,28)29)21-19(25)10-15(11-20(21)26)31-7-6-24/h2-5,10-11,13,22H,6-9,12H2,1H3/t13-,22+/m1/s1. The molecule has 1 heterocycles. The molecule has 0 saturated heterocycles. The molecule has 8 heteroatoms. The van der Waals surface area contributed by atoms with E-state index in [-0.39, 0.29) is 17.9 Å². The summed E-state index contributed by atoms with van der Waals surface area (Å²) in [5.41, 5.74) is 3.10. The van der Waals surface area contributed by atoms with Crippen molar-refractivity contribution in [1.82, 2.24) is 4.90 Å².